The fourth-order valence-corrected chi connectivity index (χ4v) is 2.01. The van der Waals surface area contributed by atoms with Gasteiger partial charge in [0.05, 0.1) is 5.56 Å². The van der Waals surface area contributed by atoms with E-state index in [-0.39, 0.29) is 0 Å². The van der Waals surface area contributed by atoms with Crippen molar-refractivity contribution in [2.24, 2.45) is 0 Å². The number of aromatic nitrogens is 3. The summed E-state index contributed by atoms with van der Waals surface area (Å²) in [6.07, 6.45) is 5.14. The molecule has 0 spiro atoms. The van der Waals surface area contributed by atoms with E-state index >= 15 is 0 Å². The molecule has 0 unspecified atom stereocenters. The van der Waals surface area contributed by atoms with Crippen LogP contribution in [-0.4, -0.2) is 32.2 Å². The number of pyridine rings is 1. The Hall–Kier alpha value is -2.61. The molecule has 1 amide bonds. The van der Waals surface area contributed by atoms with E-state index in [9.17, 15) is 9.59 Å². The number of aliphatic carboxylic acids is 1. The zero-order valence-electron chi connectivity index (χ0n) is 10.4. The Bertz CT molecular complexity index is 681. The number of carboxylic acid groups (broad SMARTS) is 1. The third-order valence-electron chi connectivity index (χ3n) is 2.25. The molecule has 8 heteroatoms. The van der Waals surface area contributed by atoms with E-state index in [1.807, 2.05) is 0 Å². The number of hydrogen-bond acceptors (Lipinski definition) is 6. The molecule has 0 saturated carbocycles. The zero-order chi connectivity index (χ0) is 14.5. The zero-order valence-corrected chi connectivity index (χ0v) is 11.2. The van der Waals surface area contributed by atoms with Crippen molar-refractivity contribution in [1.29, 1.82) is 0 Å². The van der Waals surface area contributed by atoms with Gasteiger partial charge in [-0.3, -0.25) is 15.1 Å². The molecule has 2 aromatic heterocycles. The van der Waals surface area contributed by atoms with E-state index in [1.54, 1.807) is 6.92 Å². The molecule has 0 aromatic carbocycles. The van der Waals surface area contributed by atoms with Crippen molar-refractivity contribution in [3.63, 3.8) is 0 Å². The van der Waals surface area contributed by atoms with Gasteiger partial charge in [-0.25, -0.2) is 4.79 Å². The van der Waals surface area contributed by atoms with E-state index < -0.39 is 11.9 Å². The van der Waals surface area contributed by atoms with Gasteiger partial charge < -0.3 is 5.11 Å². The number of aryl methyl sites for hydroxylation is 1. The van der Waals surface area contributed by atoms with E-state index in [0.29, 0.717) is 16.3 Å². The summed E-state index contributed by atoms with van der Waals surface area (Å²) >= 11 is 1.25. The predicted octanol–water partition coefficient (Wildman–Crippen LogP) is 1.59. The number of rotatable bonds is 4. The normalized spacial score (nSPS) is 10.7. The average molecular weight is 290 g/mol. The average Bonchev–Trinajstić information content (AvgIpc) is 2.82. The third kappa shape index (κ3) is 3.45. The van der Waals surface area contributed by atoms with Gasteiger partial charge in [0.2, 0.25) is 5.13 Å². The highest BCUT2D eigenvalue weighted by molar-refractivity contribution is 7.15. The fraction of sp³-hybridized carbons (Fsp3) is 0.0833. The number of anilines is 1. The number of carboxylic acids is 1. The first-order valence-electron chi connectivity index (χ1n) is 5.53. The number of nitrogens with zero attached hydrogens (tertiary/aromatic N) is 3. The molecule has 2 aromatic rings. The number of hydrogen-bond donors (Lipinski definition) is 2. The molecule has 2 rings (SSSR count). The van der Waals surface area contributed by atoms with Crippen LogP contribution < -0.4 is 5.32 Å². The minimum atomic E-state index is -1.10. The van der Waals surface area contributed by atoms with E-state index in [4.69, 9.17) is 5.11 Å². The van der Waals surface area contributed by atoms with Crippen molar-refractivity contribution < 1.29 is 14.7 Å². The fourth-order valence-electron chi connectivity index (χ4n) is 1.42. The highest BCUT2D eigenvalue weighted by atomic mass is 32.1. The number of carbonyl (C=O) groups excluding carboxylic acids is 1. The lowest BCUT2D eigenvalue weighted by atomic mass is 10.1. The van der Waals surface area contributed by atoms with Gasteiger partial charge in [0, 0.05) is 24.0 Å². The molecule has 102 valence electrons. The maximum absolute atomic E-state index is 12.1. The van der Waals surface area contributed by atoms with Gasteiger partial charge in [0.15, 0.2) is 0 Å². The molecule has 2 heterocycles. The van der Waals surface area contributed by atoms with Crippen LogP contribution in [0.1, 0.15) is 20.9 Å². The third-order valence-corrected chi connectivity index (χ3v) is 3.00. The highest BCUT2D eigenvalue weighted by Crippen LogP contribution is 2.16. The molecule has 0 aliphatic carbocycles. The Labute approximate surface area is 118 Å². The van der Waals surface area contributed by atoms with Gasteiger partial charge >= 0.3 is 5.97 Å². The van der Waals surface area contributed by atoms with E-state index in [1.165, 1.54) is 35.9 Å². The van der Waals surface area contributed by atoms with Crippen LogP contribution in [0.25, 0.3) is 6.08 Å². The monoisotopic (exact) mass is 290 g/mol. The maximum atomic E-state index is 12.1. The second-order valence-corrected chi connectivity index (χ2v) is 4.90. The summed E-state index contributed by atoms with van der Waals surface area (Å²) in [7, 11) is 0. The van der Waals surface area contributed by atoms with Crippen LogP contribution in [0.3, 0.4) is 0 Å². The number of nitrogens with one attached hydrogen (secondary N) is 1. The lowest BCUT2D eigenvalue weighted by Crippen LogP contribution is -2.13. The van der Waals surface area contributed by atoms with Gasteiger partial charge in [-0.05, 0) is 19.1 Å². The molecule has 0 saturated heterocycles. The first kappa shape index (κ1) is 13.8. The second kappa shape index (κ2) is 6.02. The van der Waals surface area contributed by atoms with Crippen LogP contribution >= 0.6 is 11.3 Å². The quantitative estimate of drug-likeness (QED) is 0.828. The van der Waals surface area contributed by atoms with Crippen LogP contribution in [0.4, 0.5) is 5.13 Å². The molecule has 0 aliphatic heterocycles. The van der Waals surface area contributed by atoms with Gasteiger partial charge in [-0.2, -0.15) is 0 Å². The first-order chi connectivity index (χ1) is 9.56. The summed E-state index contributed by atoms with van der Waals surface area (Å²) in [6.45, 7) is 1.78. The topological polar surface area (TPSA) is 105 Å². The summed E-state index contributed by atoms with van der Waals surface area (Å²) < 4.78 is 0. The molecule has 20 heavy (non-hydrogen) atoms. The van der Waals surface area contributed by atoms with E-state index in [0.717, 1.165) is 11.1 Å². The standard InChI is InChI=1S/C12H10N4O3S/c1-7-15-16-12(20-7)14-11(19)9-4-5-13-6-8(9)2-3-10(17)18/h2-6H,1H3,(H,17,18)(H,14,16,19)/b3-2+. The minimum absolute atomic E-state index is 0.311. The summed E-state index contributed by atoms with van der Waals surface area (Å²) in [6, 6.07) is 1.50. The lowest BCUT2D eigenvalue weighted by molar-refractivity contribution is -0.131. The molecular weight excluding hydrogens is 280 g/mol. The van der Waals surface area contributed by atoms with Crippen LogP contribution in [0.15, 0.2) is 24.5 Å². The van der Waals surface area contributed by atoms with Crippen LogP contribution in [0.5, 0.6) is 0 Å². The summed E-state index contributed by atoms with van der Waals surface area (Å²) in [5.74, 6) is -1.49. The Morgan fingerprint density at radius 3 is 2.85 bits per heavy atom. The Morgan fingerprint density at radius 1 is 1.40 bits per heavy atom. The Kier molecular flexibility index (Phi) is 4.16. The molecular formula is C12H10N4O3S. The molecule has 0 fully saturated rings. The van der Waals surface area contributed by atoms with Gasteiger partial charge in [0.1, 0.15) is 5.01 Å². The summed E-state index contributed by atoms with van der Waals surface area (Å²) in [5.41, 5.74) is 0.721. The summed E-state index contributed by atoms with van der Waals surface area (Å²) in [4.78, 5) is 26.5. The lowest BCUT2D eigenvalue weighted by Gasteiger charge is -2.04. The predicted molar refractivity (Wildman–Crippen MR) is 73.5 cm³/mol. The Balaban J connectivity index is 2.23. The first-order valence-corrected chi connectivity index (χ1v) is 6.34. The van der Waals surface area contributed by atoms with Crippen molar-refractivity contribution >= 4 is 34.4 Å². The molecule has 0 aliphatic rings. The van der Waals surface area contributed by atoms with Gasteiger partial charge in [-0.15, -0.1) is 10.2 Å². The second-order valence-electron chi connectivity index (χ2n) is 3.71. The molecule has 7 nitrogen and oxygen atoms in total. The van der Waals surface area contributed by atoms with Crippen LogP contribution in [0.2, 0.25) is 0 Å². The number of carbonyl (C=O) groups is 2. The molecule has 0 atom stereocenters. The van der Waals surface area contributed by atoms with Crippen molar-refractivity contribution in [3.8, 4) is 0 Å². The SMILES string of the molecule is Cc1nnc(NC(=O)c2ccncc2/C=C/C(=O)O)s1. The largest absolute Gasteiger partial charge is 0.478 e. The van der Waals surface area contributed by atoms with Crippen molar-refractivity contribution in [2.75, 3.05) is 5.32 Å². The smallest absolute Gasteiger partial charge is 0.328 e. The van der Waals surface area contributed by atoms with Crippen molar-refractivity contribution in [3.05, 3.63) is 40.7 Å². The molecule has 0 bridgehead atoms. The van der Waals surface area contributed by atoms with Gasteiger partial charge in [-0.1, -0.05) is 11.3 Å². The molecule has 2 N–H and O–H groups in total. The maximum Gasteiger partial charge on any atom is 0.328 e. The van der Waals surface area contributed by atoms with Gasteiger partial charge in [0.25, 0.3) is 5.91 Å². The Morgan fingerprint density at radius 2 is 2.20 bits per heavy atom. The minimum Gasteiger partial charge on any atom is -0.478 e. The van der Waals surface area contributed by atoms with Crippen LogP contribution in [0, 0.1) is 6.92 Å². The van der Waals surface area contributed by atoms with Crippen molar-refractivity contribution in [2.45, 2.75) is 6.92 Å². The highest BCUT2D eigenvalue weighted by Gasteiger charge is 2.12. The number of amides is 1. The summed E-state index contributed by atoms with van der Waals surface area (Å²) in [5, 5.41) is 19.9. The van der Waals surface area contributed by atoms with Crippen LogP contribution in [-0.2, 0) is 4.79 Å². The van der Waals surface area contributed by atoms with E-state index in [2.05, 4.69) is 20.5 Å². The van der Waals surface area contributed by atoms with Crippen molar-refractivity contribution in [1.82, 2.24) is 15.2 Å². The molecule has 0 radical (unpaired) electrons.